The molecule has 2 heteroatoms. The van der Waals surface area contributed by atoms with Crippen molar-refractivity contribution in [3.63, 3.8) is 0 Å². The normalized spacial score (nSPS) is 14.9. The molecule has 1 unspecified atom stereocenters. The Kier molecular flexibility index (Phi) is 3.20. The van der Waals surface area contributed by atoms with Gasteiger partial charge in [-0.15, -0.1) is 0 Å². The first-order valence-corrected chi connectivity index (χ1v) is 4.48. The molecule has 0 saturated heterocycles. The SMILES string of the molecule is CC(N)(C=N)CCc1ccccc1. The molecule has 1 rings (SSSR count). The van der Waals surface area contributed by atoms with Gasteiger partial charge < -0.3 is 11.1 Å². The van der Waals surface area contributed by atoms with E-state index >= 15 is 0 Å². The van der Waals surface area contributed by atoms with Gasteiger partial charge in [0.25, 0.3) is 0 Å². The summed E-state index contributed by atoms with van der Waals surface area (Å²) in [5.74, 6) is 0. The summed E-state index contributed by atoms with van der Waals surface area (Å²) >= 11 is 0. The van der Waals surface area contributed by atoms with Crippen LogP contribution in [0.15, 0.2) is 30.3 Å². The van der Waals surface area contributed by atoms with E-state index in [0.717, 1.165) is 12.8 Å². The van der Waals surface area contributed by atoms with Crippen LogP contribution in [-0.4, -0.2) is 11.8 Å². The van der Waals surface area contributed by atoms with E-state index in [1.807, 2.05) is 25.1 Å². The molecule has 70 valence electrons. The zero-order valence-corrected chi connectivity index (χ0v) is 7.96. The van der Waals surface area contributed by atoms with E-state index in [9.17, 15) is 0 Å². The largest absolute Gasteiger partial charge is 0.321 e. The first-order valence-electron chi connectivity index (χ1n) is 4.48. The summed E-state index contributed by atoms with van der Waals surface area (Å²) in [5, 5.41) is 7.12. The number of nitrogens with one attached hydrogen (secondary N) is 1. The van der Waals surface area contributed by atoms with Gasteiger partial charge in [0.15, 0.2) is 0 Å². The maximum absolute atomic E-state index is 7.12. The van der Waals surface area contributed by atoms with Gasteiger partial charge in [0.2, 0.25) is 0 Å². The quantitative estimate of drug-likeness (QED) is 0.677. The lowest BCUT2D eigenvalue weighted by Gasteiger charge is -2.17. The van der Waals surface area contributed by atoms with Crippen molar-refractivity contribution in [1.82, 2.24) is 0 Å². The smallest absolute Gasteiger partial charge is 0.0481 e. The van der Waals surface area contributed by atoms with Gasteiger partial charge in [-0.25, -0.2) is 0 Å². The van der Waals surface area contributed by atoms with Gasteiger partial charge in [-0.1, -0.05) is 30.3 Å². The van der Waals surface area contributed by atoms with E-state index in [1.54, 1.807) is 0 Å². The van der Waals surface area contributed by atoms with Gasteiger partial charge in [-0.2, -0.15) is 0 Å². The number of rotatable bonds is 4. The monoisotopic (exact) mass is 176 g/mol. The molecule has 2 nitrogen and oxygen atoms in total. The molecule has 0 aliphatic heterocycles. The Bertz CT molecular complexity index is 265. The minimum Gasteiger partial charge on any atom is -0.321 e. The van der Waals surface area contributed by atoms with Crippen LogP contribution >= 0.6 is 0 Å². The number of aryl methyl sites for hydroxylation is 1. The molecule has 0 amide bonds. The van der Waals surface area contributed by atoms with Gasteiger partial charge in [-0.3, -0.25) is 0 Å². The third-order valence-electron chi connectivity index (χ3n) is 2.12. The summed E-state index contributed by atoms with van der Waals surface area (Å²) < 4.78 is 0. The van der Waals surface area contributed by atoms with E-state index < -0.39 is 5.54 Å². The summed E-state index contributed by atoms with van der Waals surface area (Å²) in [7, 11) is 0. The molecule has 0 spiro atoms. The molecule has 0 aliphatic carbocycles. The molecular formula is C11H16N2. The second-order valence-electron chi connectivity index (χ2n) is 3.64. The first-order chi connectivity index (χ1) is 6.14. The zero-order valence-electron chi connectivity index (χ0n) is 7.96. The molecule has 1 atom stereocenters. The fourth-order valence-corrected chi connectivity index (χ4v) is 1.13. The van der Waals surface area contributed by atoms with Gasteiger partial charge >= 0.3 is 0 Å². The van der Waals surface area contributed by atoms with Crippen molar-refractivity contribution in [1.29, 1.82) is 5.41 Å². The molecule has 0 bridgehead atoms. The van der Waals surface area contributed by atoms with E-state index in [1.165, 1.54) is 11.8 Å². The summed E-state index contributed by atoms with van der Waals surface area (Å²) in [4.78, 5) is 0. The van der Waals surface area contributed by atoms with Gasteiger partial charge in [0.1, 0.15) is 0 Å². The minimum atomic E-state index is -0.462. The Balaban J connectivity index is 2.48. The summed E-state index contributed by atoms with van der Waals surface area (Å²) in [6, 6.07) is 10.2. The van der Waals surface area contributed by atoms with Crippen LogP contribution in [0.2, 0.25) is 0 Å². The van der Waals surface area contributed by atoms with Crippen LogP contribution in [0.25, 0.3) is 0 Å². The predicted molar refractivity (Wildman–Crippen MR) is 56.1 cm³/mol. The van der Waals surface area contributed by atoms with Gasteiger partial charge in [0, 0.05) is 11.8 Å². The van der Waals surface area contributed by atoms with Crippen LogP contribution < -0.4 is 5.73 Å². The number of nitrogens with two attached hydrogens (primary N) is 1. The number of benzene rings is 1. The first kappa shape index (κ1) is 9.93. The van der Waals surface area contributed by atoms with E-state index in [-0.39, 0.29) is 0 Å². The third-order valence-corrected chi connectivity index (χ3v) is 2.12. The van der Waals surface area contributed by atoms with Crippen molar-refractivity contribution in [3.05, 3.63) is 35.9 Å². The van der Waals surface area contributed by atoms with E-state index in [2.05, 4.69) is 12.1 Å². The molecule has 13 heavy (non-hydrogen) atoms. The van der Waals surface area contributed by atoms with Crippen molar-refractivity contribution in [2.45, 2.75) is 25.3 Å². The van der Waals surface area contributed by atoms with Crippen LogP contribution in [-0.2, 0) is 6.42 Å². The Morgan fingerprint density at radius 3 is 2.54 bits per heavy atom. The lowest BCUT2D eigenvalue weighted by molar-refractivity contribution is 0.577. The molecule has 1 aromatic rings. The molecule has 3 N–H and O–H groups in total. The van der Waals surface area contributed by atoms with E-state index in [4.69, 9.17) is 11.1 Å². The molecule has 0 radical (unpaired) electrons. The molecule has 0 aliphatic rings. The van der Waals surface area contributed by atoms with E-state index in [0.29, 0.717) is 0 Å². The minimum absolute atomic E-state index is 0.462. The number of hydrogen-bond acceptors (Lipinski definition) is 2. The Morgan fingerprint density at radius 1 is 1.38 bits per heavy atom. The molecule has 0 aromatic heterocycles. The number of hydrogen-bond donors (Lipinski definition) is 2. The second kappa shape index (κ2) is 4.19. The second-order valence-corrected chi connectivity index (χ2v) is 3.64. The van der Waals surface area contributed by atoms with Crippen LogP contribution in [0.5, 0.6) is 0 Å². The highest BCUT2D eigenvalue weighted by Crippen LogP contribution is 2.09. The molecule has 1 aromatic carbocycles. The van der Waals surface area contributed by atoms with Gasteiger partial charge in [0.05, 0.1) is 0 Å². The van der Waals surface area contributed by atoms with Crippen LogP contribution in [0.4, 0.5) is 0 Å². The zero-order chi connectivity index (χ0) is 9.73. The van der Waals surface area contributed by atoms with Gasteiger partial charge in [-0.05, 0) is 25.3 Å². The van der Waals surface area contributed by atoms with Crippen molar-refractivity contribution in [2.75, 3.05) is 0 Å². The van der Waals surface area contributed by atoms with Crippen molar-refractivity contribution < 1.29 is 0 Å². The highest BCUT2D eigenvalue weighted by molar-refractivity contribution is 5.65. The molecule has 0 heterocycles. The van der Waals surface area contributed by atoms with Crippen molar-refractivity contribution in [2.24, 2.45) is 5.73 Å². The maximum Gasteiger partial charge on any atom is 0.0481 e. The Hall–Kier alpha value is -1.15. The lowest BCUT2D eigenvalue weighted by Crippen LogP contribution is -2.37. The highest BCUT2D eigenvalue weighted by atomic mass is 14.7. The topological polar surface area (TPSA) is 49.9 Å². The standard InChI is InChI=1S/C11H16N2/c1-11(13,9-12)8-7-10-5-3-2-4-6-10/h2-6,9,12H,7-8,13H2,1H3. The fraction of sp³-hybridized carbons (Fsp3) is 0.364. The fourth-order valence-electron chi connectivity index (χ4n) is 1.13. The van der Waals surface area contributed by atoms with Crippen LogP contribution in [0.1, 0.15) is 18.9 Å². The Morgan fingerprint density at radius 2 is 2.00 bits per heavy atom. The third kappa shape index (κ3) is 3.38. The average molecular weight is 176 g/mol. The average Bonchev–Trinajstić information content (AvgIpc) is 2.17. The van der Waals surface area contributed by atoms with Crippen LogP contribution in [0.3, 0.4) is 0 Å². The van der Waals surface area contributed by atoms with Crippen LogP contribution in [0, 0.1) is 5.41 Å². The summed E-state index contributed by atoms with van der Waals surface area (Å²) in [6.07, 6.45) is 3.07. The lowest BCUT2D eigenvalue weighted by atomic mass is 9.96. The Labute approximate surface area is 79.3 Å². The maximum atomic E-state index is 7.12. The van der Waals surface area contributed by atoms with Crippen molar-refractivity contribution in [3.8, 4) is 0 Å². The summed E-state index contributed by atoms with van der Waals surface area (Å²) in [5.41, 5.74) is 6.64. The molecule has 0 saturated carbocycles. The summed E-state index contributed by atoms with van der Waals surface area (Å²) in [6.45, 7) is 1.88. The highest BCUT2D eigenvalue weighted by Gasteiger charge is 2.13. The molecular weight excluding hydrogens is 160 g/mol. The predicted octanol–water partition coefficient (Wildman–Crippen LogP) is 1.99. The van der Waals surface area contributed by atoms with Crippen molar-refractivity contribution >= 4 is 6.21 Å². The molecule has 0 fully saturated rings.